The molecule has 1 heterocycles. The van der Waals surface area contributed by atoms with E-state index in [1.54, 1.807) is 30.3 Å². The van der Waals surface area contributed by atoms with Crippen LogP contribution in [0.4, 0.5) is 4.79 Å². The molecule has 5 nitrogen and oxygen atoms in total. The molecule has 0 bridgehead atoms. The number of imide groups is 1. The number of hydrogen-bond donors (Lipinski definition) is 0. The number of ether oxygens (including phenoxy) is 1. The van der Waals surface area contributed by atoms with Gasteiger partial charge in [0.25, 0.3) is 11.1 Å². The Hall–Kier alpha value is -2.27. The van der Waals surface area contributed by atoms with Crippen molar-refractivity contribution in [3.8, 4) is 11.8 Å². The molecule has 0 N–H and O–H groups in total. The van der Waals surface area contributed by atoms with Crippen molar-refractivity contribution in [2.75, 3.05) is 0 Å². The first-order valence-electron chi connectivity index (χ1n) is 9.22. The van der Waals surface area contributed by atoms with Crippen LogP contribution in [0.2, 0.25) is 5.02 Å². The molecular weight excluding hydrogens is 488 g/mol. The maximum Gasteiger partial charge on any atom is 0.293 e. The Balaban J connectivity index is 1.81. The highest BCUT2D eigenvalue weighted by Gasteiger charge is 2.37. The van der Waals surface area contributed by atoms with Crippen LogP contribution in [0, 0.1) is 11.3 Å². The van der Waals surface area contributed by atoms with Gasteiger partial charge in [-0.05, 0) is 70.9 Å². The summed E-state index contributed by atoms with van der Waals surface area (Å²) in [6, 6.07) is 12.6. The zero-order chi connectivity index (χ0) is 21.8. The van der Waals surface area contributed by atoms with Crippen molar-refractivity contribution >= 4 is 56.5 Å². The normalized spacial score (nSPS) is 16.1. The van der Waals surface area contributed by atoms with E-state index >= 15 is 0 Å². The van der Waals surface area contributed by atoms with Crippen LogP contribution in [0.3, 0.4) is 0 Å². The quantitative estimate of drug-likeness (QED) is 0.426. The van der Waals surface area contributed by atoms with E-state index in [1.165, 1.54) is 4.90 Å². The molecule has 0 radical (unpaired) electrons. The molecule has 30 heavy (non-hydrogen) atoms. The Labute approximate surface area is 192 Å². The number of thioether (sulfide) groups is 1. The van der Waals surface area contributed by atoms with Crippen LogP contribution in [0.5, 0.6) is 5.75 Å². The van der Waals surface area contributed by atoms with Crippen molar-refractivity contribution in [2.45, 2.75) is 32.9 Å². The van der Waals surface area contributed by atoms with Gasteiger partial charge in [-0.2, -0.15) is 5.26 Å². The molecule has 1 fully saturated rings. The third-order valence-electron chi connectivity index (χ3n) is 4.68. The van der Waals surface area contributed by atoms with Crippen LogP contribution in [-0.2, 0) is 11.4 Å². The average molecular weight is 506 g/mol. The van der Waals surface area contributed by atoms with Crippen LogP contribution in [0.1, 0.15) is 37.0 Å². The molecule has 2 aromatic rings. The van der Waals surface area contributed by atoms with Gasteiger partial charge in [0.2, 0.25) is 0 Å². The molecule has 0 saturated carbocycles. The van der Waals surface area contributed by atoms with Gasteiger partial charge in [0.15, 0.2) is 5.75 Å². The number of amides is 2. The van der Waals surface area contributed by atoms with Crippen molar-refractivity contribution in [2.24, 2.45) is 0 Å². The van der Waals surface area contributed by atoms with Crippen molar-refractivity contribution in [3.63, 3.8) is 0 Å². The molecule has 3 rings (SSSR count). The molecule has 0 aliphatic carbocycles. The lowest BCUT2D eigenvalue weighted by molar-refractivity contribution is -0.124. The largest absolute Gasteiger partial charge is 0.486 e. The van der Waals surface area contributed by atoms with E-state index in [2.05, 4.69) is 22.0 Å². The average Bonchev–Trinajstić information content (AvgIpc) is 3.00. The van der Waals surface area contributed by atoms with Crippen LogP contribution in [-0.4, -0.2) is 22.1 Å². The molecule has 2 aromatic carbocycles. The molecule has 8 heteroatoms. The number of hydrogen-bond acceptors (Lipinski definition) is 5. The minimum absolute atomic E-state index is 0.147. The van der Waals surface area contributed by atoms with Crippen LogP contribution >= 0.6 is 39.3 Å². The summed E-state index contributed by atoms with van der Waals surface area (Å²) in [5.41, 5.74) is 1.97. The number of nitriles is 1. The van der Waals surface area contributed by atoms with Crippen molar-refractivity contribution in [1.29, 1.82) is 5.26 Å². The first-order chi connectivity index (χ1) is 14.3. The molecule has 154 valence electrons. The Kier molecular flexibility index (Phi) is 7.24. The topological polar surface area (TPSA) is 70.4 Å². The highest BCUT2D eigenvalue weighted by Crippen LogP contribution is 2.38. The number of halogens is 2. The lowest BCUT2D eigenvalue weighted by Gasteiger charge is -2.19. The zero-order valence-corrected chi connectivity index (χ0v) is 19.5. The predicted octanol–water partition coefficient (Wildman–Crippen LogP) is 6.39. The Morgan fingerprint density at radius 3 is 2.73 bits per heavy atom. The predicted molar refractivity (Wildman–Crippen MR) is 122 cm³/mol. The van der Waals surface area contributed by atoms with Gasteiger partial charge >= 0.3 is 0 Å². The minimum atomic E-state index is -0.292. The Morgan fingerprint density at radius 2 is 2.07 bits per heavy atom. The fourth-order valence-corrected chi connectivity index (χ4v) is 4.82. The maximum atomic E-state index is 12.6. The number of carbonyl (C=O) groups is 2. The third kappa shape index (κ3) is 4.72. The first kappa shape index (κ1) is 22.4. The molecule has 1 aliphatic rings. The lowest BCUT2D eigenvalue weighted by Crippen LogP contribution is -2.36. The molecule has 0 spiro atoms. The monoisotopic (exact) mass is 504 g/mol. The van der Waals surface area contributed by atoms with Crippen molar-refractivity contribution in [1.82, 2.24) is 4.90 Å². The molecule has 1 atom stereocenters. The molecule has 1 saturated heterocycles. The molecule has 1 aliphatic heterocycles. The van der Waals surface area contributed by atoms with E-state index in [4.69, 9.17) is 16.3 Å². The van der Waals surface area contributed by atoms with Gasteiger partial charge in [0.1, 0.15) is 6.61 Å². The van der Waals surface area contributed by atoms with Gasteiger partial charge in [-0.3, -0.25) is 14.5 Å². The summed E-state index contributed by atoms with van der Waals surface area (Å²) >= 11 is 10.8. The summed E-state index contributed by atoms with van der Waals surface area (Å²) in [7, 11) is 0. The summed E-state index contributed by atoms with van der Waals surface area (Å²) in [4.78, 5) is 26.4. The van der Waals surface area contributed by atoms with E-state index in [-0.39, 0.29) is 23.8 Å². The minimum Gasteiger partial charge on any atom is -0.486 e. The number of rotatable bonds is 6. The van der Waals surface area contributed by atoms with Gasteiger partial charge in [-0.25, -0.2) is 0 Å². The molecule has 0 unspecified atom stereocenters. The van der Waals surface area contributed by atoms with Gasteiger partial charge in [0, 0.05) is 11.6 Å². The maximum absolute atomic E-state index is 12.6. The molecular formula is C22H18BrClN2O3S. The summed E-state index contributed by atoms with van der Waals surface area (Å²) < 4.78 is 6.45. The summed E-state index contributed by atoms with van der Waals surface area (Å²) in [6.45, 7) is 3.97. The van der Waals surface area contributed by atoms with Gasteiger partial charge < -0.3 is 4.74 Å². The van der Waals surface area contributed by atoms with E-state index in [0.29, 0.717) is 37.7 Å². The van der Waals surface area contributed by atoms with Crippen molar-refractivity contribution < 1.29 is 14.3 Å². The lowest BCUT2D eigenvalue weighted by atomic mass is 10.1. The summed E-state index contributed by atoms with van der Waals surface area (Å²) in [5.74, 6) is 0.148. The smallest absolute Gasteiger partial charge is 0.293 e. The number of carbonyl (C=O) groups excluding carboxylic acids is 2. The fourth-order valence-electron chi connectivity index (χ4n) is 2.90. The van der Waals surface area contributed by atoms with Crippen LogP contribution in [0.25, 0.3) is 6.08 Å². The number of nitrogens with zero attached hydrogens (tertiary/aromatic N) is 2. The second kappa shape index (κ2) is 9.69. The molecule has 0 aromatic heterocycles. The number of benzene rings is 2. The standard InChI is InChI=1S/C22H18BrClN2O3S/c1-3-13(2)26-21(27)19(30-22(26)28)10-14-8-17(23)20(18(24)9-14)29-12-16-7-5-4-6-15(16)11-25/h4-10,13H,3,12H2,1-2H3/b19-10+/t13-/m0/s1. The second-order valence-electron chi connectivity index (χ2n) is 6.68. The third-order valence-corrected chi connectivity index (χ3v) is 6.44. The van der Waals surface area contributed by atoms with E-state index in [1.807, 2.05) is 26.0 Å². The summed E-state index contributed by atoms with van der Waals surface area (Å²) in [5, 5.41) is 9.29. The van der Waals surface area contributed by atoms with Crippen molar-refractivity contribution in [3.05, 3.63) is 67.5 Å². The highest BCUT2D eigenvalue weighted by molar-refractivity contribution is 9.10. The zero-order valence-electron chi connectivity index (χ0n) is 16.3. The van der Waals surface area contributed by atoms with E-state index in [9.17, 15) is 14.9 Å². The van der Waals surface area contributed by atoms with E-state index in [0.717, 1.165) is 17.3 Å². The Bertz CT molecular complexity index is 1060. The SMILES string of the molecule is CC[C@H](C)N1C(=O)S/C(=C/c2cc(Cl)c(OCc3ccccc3C#N)c(Br)c2)C1=O. The van der Waals surface area contributed by atoms with Gasteiger partial charge in [-0.15, -0.1) is 0 Å². The molecule has 2 amide bonds. The second-order valence-corrected chi connectivity index (χ2v) is 8.94. The highest BCUT2D eigenvalue weighted by atomic mass is 79.9. The van der Waals surface area contributed by atoms with Gasteiger partial charge in [-0.1, -0.05) is 36.7 Å². The fraction of sp³-hybridized carbons (Fsp3) is 0.227. The van der Waals surface area contributed by atoms with E-state index < -0.39 is 0 Å². The summed E-state index contributed by atoms with van der Waals surface area (Å²) in [6.07, 6.45) is 2.35. The van der Waals surface area contributed by atoms with Crippen LogP contribution in [0.15, 0.2) is 45.8 Å². The van der Waals surface area contributed by atoms with Gasteiger partial charge in [0.05, 0.1) is 26.0 Å². The first-order valence-corrected chi connectivity index (χ1v) is 11.2. The Morgan fingerprint density at radius 1 is 1.33 bits per heavy atom. The van der Waals surface area contributed by atoms with Crippen LogP contribution < -0.4 is 4.74 Å².